The van der Waals surface area contributed by atoms with Gasteiger partial charge in [-0.1, -0.05) is 26.2 Å². The molecule has 1 saturated heterocycles. The molecule has 8 nitrogen and oxygen atoms in total. The number of hydrogen-bond donors (Lipinski definition) is 1. The summed E-state index contributed by atoms with van der Waals surface area (Å²) in [5, 5.41) is 2.73. The average Bonchev–Trinajstić information content (AvgIpc) is 3.02. The molecule has 4 rings (SSSR count). The van der Waals surface area contributed by atoms with Crippen LogP contribution in [0.1, 0.15) is 76.5 Å². The second-order valence-electron chi connectivity index (χ2n) is 8.67. The lowest BCUT2D eigenvalue weighted by Gasteiger charge is -2.20. The summed E-state index contributed by atoms with van der Waals surface area (Å²) >= 11 is 0. The van der Waals surface area contributed by atoms with E-state index in [0.717, 1.165) is 38.5 Å². The molecule has 2 aliphatic heterocycles. The highest BCUT2D eigenvalue weighted by atomic mass is 32.2. The van der Waals surface area contributed by atoms with Gasteiger partial charge in [0.1, 0.15) is 0 Å². The molecule has 0 unspecified atom stereocenters. The number of fused-ring (bicyclic) bond motifs is 1. The van der Waals surface area contributed by atoms with Crippen LogP contribution in [0, 0.1) is 0 Å². The second-order valence-corrected chi connectivity index (χ2v) is 10.6. The summed E-state index contributed by atoms with van der Waals surface area (Å²) in [6, 6.07) is 10.6. The molecule has 3 amide bonds. The maximum atomic E-state index is 12.9. The Balaban J connectivity index is 1.46. The highest BCUT2D eigenvalue weighted by Crippen LogP contribution is 2.26. The average molecular weight is 484 g/mol. The van der Waals surface area contributed by atoms with Gasteiger partial charge in [-0.05, 0) is 61.7 Å². The maximum Gasteiger partial charge on any atom is 0.261 e. The summed E-state index contributed by atoms with van der Waals surface area (Å²) in [4.78, 5) is 39.3. The van der Waals surface area contributed by atoms with E-state index in [9.17, 15) is 22.8 Å². The molecule has 0 bridgehead atoms. The number of sulfonamides is 1. The lowest BCUT2D eigenvalue weighted by molar-refractivity contribution is 0.0652. The molecule has 0 radical (unpaired) electrons. The van der Waals surface area contributed by atoms with Gasteiger partial charge in [0.15, 0.2) is 0 Å². The Hall–Kier alpha value is -3.04. The summed E-state index contributed by atoms with van der Waals surface area (Å²) in [5.74, 6) is -1.16. The summed E-state index contributed by atoms with van der Waals surface area (Å²) in [5.41, 5.74) is 1.22. The third-order valence-corrected chi connectivity index (χ3v) is 8.20. The van der Waals surface area contributed by atoms with Crippen molar-refractivity contribution in [3.8, 4) is 0 Å². The predicted molar refractivity (Wildman–Crippen MR) is 128 cm³/mol. The van der Waals surface area contributed by atoms with Gasteiger partial charge in [0, 0.05) is 30.9 Å². The minimum atomic E-state index is -3.57. The van der Waals surface area contributed by atoms with Gasteiger partial charge in [0.25, 0.3) is 17.7 Å². The van der Waals surface area contributed by atoms with Crippen LogP contribution in [0.15, 0.2) is 47.4 Å². The van der Waals surface area contributed by atoms with Crippen LogP contribution in [0.25, 0.3) is 0 Å². The maximum absolute atomic E-state index is 12.9. The zero-order valence-electron chi connectivity index (χ0n) is 19.2. The molecule has 1 fully saturated rings. The topological polar surface area (TPSA) is 104 Å². The van der Waals surface area contributed by atoms with Crippen LogP contribution in [0.4, 0.5) is 5.69 Å². The van der Waals surface area contributed by atoms with Gasteiger partial charge in [0.2, 0.25) is 10.0 Å². The number of nitrogens with zero attached hydrogens (tertiary/aromatic N) is 2. The molecule has 0 aliphatic carbocycles. The molecule has 2 heterocycles. The van der Waals surface area contributed by atoms with Crippen LogP contribution in [-0.4, -0.2) is 55.0 Å². The fourth-order valence-electron chi connectivity index (χ4n) is 4.30. The lowest BCUT2D eigenvalue weighted by atomic mass is 10.1. The molecular weight excluding hydrogens is 454 g/mol. The van der Waals surface area contributed by atoms with Crippen molar-refractivity contribution >= 4 is 33.4 Å². The highest BCUT2D eigenvalue weighted by molar-refractivity contribution is 7.89. The minimum Gasteiger partial charge on any atom is -0.322 e. The number of hydrogen-bond acceptors (Lipinski definition) is 5. The number of carbonyl (C=O) groups excluding carboxylic acids is 3. The van der Waals surface area contributed by atoms with Crippen molar-refractivity contribution in [3.63, 3.8) is 0 Å². The molecule has 0 atom stereocenters. The fourth-order valence-corrected chi connectivity index (χ4v) is 5.81. The number of anilines is 1. The predicted octanol–water partition coefficient (Wildman–Crippen LogP) is 3.90. The lowest BCUT2D eigenvalue weighted by Crippen LogP contribution is -2.31. The molecule has 0 aromatic heterocycles. The molecule has 2 aromatic rings. The summed E-state index contributed by atoms with van der Waals surface area (Å²) in [6.07, 6.45) is 5.38. The largest absolute Gasteiger partial charge is 0.322 e. The monoisotopic (exact) mass is 483 g/mol. The summed E-state index contributed by atoms with van der Waals surface area (Å²) in [6.45, 7) is 3.39. The fraction of sp³-hybridized carbons (Fsp3) is 0.400. The Morgan fingerprint density at radius 2 is 1.56 bits per heavy atom. The standard InChI is InChI=1S/C25H29N3O5S/c1-2-3-16-28-24(30)21-13-8-18(17-22(21)25(28)31)23(29)26-19-9-11-20(12-10-19)34(32,33)27-14-6-4-5-7-15-27/h8-13,17H,2-7,14-16H2,1H3,(H,26,29). The highest BCUT2D eigenvalue weighted by Gasteiger charge is 2.35. The Labute approximate surface area is 200 Å². The van der Waals surface area contributed by atoms with Crippen molar-refractivity contribution in [1.82, 2.24) is 9.21 Å². The quantitative estimate of drug-likeness (QED) is 0.602. The van der Waals surface area contributed by atoms with E-state index in [1.54, 1.807) is 12.1 Å². The van der Waals surface area contributed by atoms with Crippen LogP contribution < -0.4 is 5.32 Å². The van der Waals surface area contributed by atoms with Gasteiger partial charge in [0.05, 0.1) is 16.0 Å². The molecule has 34 heavy (non-hydrogen) atoms. The number of amides is 3. The van der Waals surface area contributed by atoms with Crippen molar-refractivity contribution in [2.45, 2.75) is 50.3 Å². The van der Waals surface area contributed by atoms with Crippen molar-refractivity contribution in [1.29, 1.82) is 0 Å². The Bertz CT molecular complexity index is 1200. The number of benzene rings is 2. The number of unbranched alkanes of at least 4 members (excludes halogenated alkanes) is 1. The zero-order chi connectivity index (χ0) is 24.3. The Morgan fingerprint density at radius 1 is 0.912 bits per heavy atom. The molecule has 1 N–H and O–H groups in total. The van der Waals surface area contributed by atoms with E-state index in [-0.39, 0.29) is 27.8 Å². The third-order valence-electron chi connectivity index (χ3n) is 6.28. The van der Waals surface area contributed by atoms with Gasteiger partial charge in [-0.15, -0.1) is 0 Å². The normalized spacial score (nSPS) is 16.9. The first-order valence-electron chi connectivity index (χ1n) is 11.7. The SMILES string of the molecule is CCCCN1C(=O)c2ccc(C(=O)Nc3ccc(S(=O)(=O)N4CCCCCC4)cc3)cc2C1=O. The Kier molecular flexibility index (Phi) is 7.13. The molecule has 0 spiro atoms. The van der Waals surface area contributed by atoms with E-state index in [2.05, 4.69) is 5.32 Å². The molecule has 0 saturated carbocycles. The van der Waals surface area contributed by atoms with E-state index in [0.29, 0.717) is 30.9 Å². The van der Waals surface area contributed by atoms with E-state index < -0.39 is 15.9 Å². The van der Waals surface area contributed by atoms with Crippen molar-refractivity contribution in [2.24, 2.45) is 0 Å². The van der Waals surface area contributed by atoms with Gasteiger partial charge in [-0.3, -0.25) is 19.3 Å². The van der Waals surface area contributed by atoms with Crippen molar-refractivity contribution in [2.75, 3.05) is 25.0 Å². The number of carbonyl (C=O) groups is 3. The van der Waals surface area contributed by atoms with Gasteiger partial charge in [-0.25, -0.2) is 8.42 Å². The molecular formula is C25H29N3O5S. The van der Waals surface area contributed by atoms with E-state index >= 15 is 0 Å². The summed E-state index contributed by atoms with van der Waals surface area (Å²) in [7, 11) is -3.57. The number of rotatable bonds is 7. The third kappa shape index (κ3) is 4.76. The Morgan fingerprint density at radius 3 is 2.21 bits per heavy atom. The first-order valence-corrected chi connectivity index (χ1v) is 13.2. The first kappa shape index (κ1) is 24.1. The van der Waals surface area contributed by atoms with Crippen LogP contribution in [-0.2, 0) is 10.0 Å². The van der Waals surface area contributed by atoms with Crippen LogP contribution in [0.2, 0.25) is 0 Å². The number of imide groups is 1. The van der Waals surface area contributed by atoms with Gasteiger partial charge >= 0.3 is 0 Å². The van der Waals surface area contributed by atoms with Crippen LogP contribution >= 0.6 is 0 Å². The van der Waals surface area contributed by atoms with E-state index in [4.69, 9.17) is 0 Å². The van der Waals surface area contributed by atoms with Crippen molar-refractivity contribution in [3.05, 3.63) is 59.2 Å². The summed E-state index contributed by atoms with van der Waals surface area (Å²) < 4.78 is 27.4. The molecule has 9 heteroatoms. The van der Waals surface area contributed by atoms with Gasteiger partial charge < -0.3 is 5.32 Å². The number of nitrogens with one attached hydrogen (secondary N) is 1. The smallest absolute Gasteiger partial charge is 0.261 e. The molecule has 180 valence electrons. The van der Waals surface area contributed by atoms with E-state index in [1.165, 1.54) is 39.5 Å². The minimum absolute atomic E-state index is 0.196. The van der Waals surface area contributed by atoms with Gasteiger partial charge in [-0.2, -0.15) is 4.31 Å². The van der Waals surface area contributed by atoms with Crippen molar-refractivity contribution < 1.29 is 22.8 Å². The first-order chi connectivity index (χ1) is 16.3. The van der Waals surface area contributed by atoms with Crippen LogP contribution in [0.5, 0.6) is 0 Å². The zero-order valence-corrected chi connectivity index (χ0v) is 20.1. The molecule has 2 aliphatic rings. The van der Waals surface area contributed by atoms with E-state index in [1.807, 2.05) is 6.92 Å². The molecule has 2 aromatic carbocycles. The van der Waals surface area contributed by atoms with Crippen LogP contribution in [0.3, 0.4) is 0 Å². The second kappa shape index (κ2) is 10.1.